The zero-order valence-electron chi connectivity index (χ0n) is 17.9. The number of hydrogen-bond donors (Lipinski definition) is 3. The summed E-state index contributed by atoms with van der Waals surface area (Å²) < 4.78 is 0. The highest BCUT2D eigenvalue weighted by Gasteiger charge is 2.19. The van der Waals surface area contributed by atoms with E-state index in [0.717, 1.165) is 37.8 Å². The molecule has 0 fully saturated rings. The van der Waals surface area contributed by atoms with E-state index in [1.807, 2.05) is 12.1 Å². The van der Waals surface area contributed by atoms with Crippen LogP contribution >= 0.6 is 0 Å². The molecule has 168 valence electrons. The molecule has 1 aromatic rings. The monoisotopic (exact) mass is 421 g/mol. The van der Waals surface area contributed by atoms with Crippen molar-refractivity contribution in [3.05, 3.63) is 30.1 Å². The molecule has 8 heteroatoms. The van der Waals surface area contributed by atoms with E-state index in [0.29, 0.717) is 38.8 Å². The Morgan fingerprint density at radius 1 is 1.07 bits per heavy atom. The van der Waals surface area contributed by atoms with Crippen molar-refractivity contribution in [3.63, 3.8) is 0 Å². The smallest absolute Gasteiger partial charge is 0.326 e. The van der Waals surface area contributed by atoms with Gasteiger partial charge in [0.1, 0.15) is 6.04 Å². The predicted octanol–water partition coefficient (Wildman–Crippen LogP) is 3.07. The lowest BCUT2D eigenvalue weighted by molar-refractivity contribution is -0.142. The number of rotatable bonds is 17. The van der Waals surface area contributed by atoms with E-state index in [-0.39, 0.29) is 12.5 Å². The summed E-state index contributed by atoms with van der Waals surface area (Å²) in [6, 6.07) is 4.59. The molecule has 30 heavy (non-hydrogen) atoms. The summed E-state index contributed by atoms with van der Waals surface area (Å²) in [5.74, 6) is -2.17. The maximum Gasteiger partial charge on any atom is 0.326 e. The minimum Gasteiger partial charge on any atom is -0.480 e. The maximum atomic E-state index is 12.0. The molecule has 3 N–H and O–H groups in total. The van der Waals surface area contributed by atoms with Crippen molar-refractivity contribution in [3.8, 4) is 0 Å². The van der Waals surface area contributed by atoms with Crippen molar-refractivity contribution in [2.45, 2.75) is 77.3 Å². The number of nitrogens with zero attached hydrogens (tertiary/aromatic N) is 2. The second-order valence-corrected chi connectivity index (χ2v) is 7.54. The normalized spacial score (nSPS) is 11.9. The molecule has 0 saturated heterocycles. The third-order valence-electron chi connectivity index (χ3n) is 4.83. The Hall–Kier alpha value is -2.48. The fourth-order valence-electron chi connectivity index (χ4n) is 3.22. The van der Waals surface area contributed by atoms with Crippen LogP contribution < -0.4 is 5.32 Å². The fourth-order valence-corrected chi connectivity index (χ4v) is 3.22. The molecule has 8 nitrogen and oxygen atoms in total. The van der Waals surface area contributed by atoms with Gasteiger partial charge >= 0.3 is 11.9 Å². The molecular weight excluding hydrogens is 386 g/mol. The Labute approximate surface area is 178 Å². The molecule has 1 amide bonds. The van der Waals surface area contributed by atoms with Crippen LogP contribution in [0.1, 0.15) is 70.4 Å². The number of aliphatic carboxylic acids is 2. The van der Waals surface area contributed by atoms with Crippen molar-refractivity contribution in [2.24, 2.45) is 0 Å². The van der Waals surface area contributed by atoms with Crippen molar-refractivity contribution in [1.82, 2.24) is 15.2 Å². The van der Waals surface area contributed by atoms with Gasteiger partial charge in [0.15, 0.2) is 0 Å². The van der Waals surface area contributed by atoms with E-state index in [9.17, 15) is 19.5 Å². The average Bonchev–Trinajstić information content (AvgIpc) is 2.70. The van der Waals surface area contributed by atoms with Crippen LogP contribution in [0.3, 0.4) is 0 Å². The largest absolute Gasteiger partial charge is 0.480 e. The van der Waals surface area contributed by atoms with Gasteiger partial charge in [0.25, 0.3) is 0 Å². The van der Waals surface area contributed by atoms with E-state index in [4.69, 9.17) is 5.11 Å². The number of hydrogen-bond acceptors (Lipinski definition) is 5. The number of carbonyl (C=O) groups is 3. The quantitative estimate of drug-likeness (QED) is 0.331. The SMILES string of the molecule is CCCCCCCC(=O)NC(CCCCN(CC(=O)O)Cc1ccccn1)C(=O)O. The molecule has 0 aromatic carbocycles. The van der Waals surface area contributed by atoms with Gasteiger partial charge in [-0.25, -0.2) is 4.79 Å². The summed E-state index contributed by atoms with van der Waals surface area (Å²) in [6.07, 6.45) is 8.69. The van der Waals surface area contributed by atoms with E-state index < -0.39 is 18.0 Å². The minimum absolute atomic E-state index is 0.103. The second-order valence-electron chi connectivity index (χ2n) is 7.54. The Balaban J connectivity index is 2.37. The predicted molar refractivity (Wildman–Crippen MR) is 114 cm³/mol. The summed E-state index contributed by atoms with van der Waals surface area (Å²) in [6.45, 7) is 2.96. The van der Waals surface area contributed by atoms with Crippen LogP contribution in [0.4, 0.5) is 0 Å². The van der Waals surface area contributed by atoms with Crippen LogP contribution in [0, 0.1) is 0 Å². The maximum absolute atomic E-state index is 12.0. The molecule has 1 rings (SSSR count). The number of nitrogens with one attached hydrogen (secondary N) is 1. The highest BCUT2D eigenvalue weighted by Crippen LogP contribution is 2.08. The number of carbonyl (C=O) groups excluding carboxylic acids is 1. The number of pyridine rings is 1. The first-order chi connectivity index (χ1) is 14.4. The summed E-state index contributed by atoms with van der Waals surface area (Å²) >= 11 is 0. The molecular formula is C22H35N3O5. The van der Waals surface area contributed by atoms with Gasteiger partial charge in [-0.05, 0) is 44.4 Å². The Bertz CT molecular complexity index is 639. The van der Waals surface area contributed by atoms with E-state index >= 15 is 0 Å². The number of carboxylic acid groups (broad SMARTS) is 2. The first kappa shape index (κ1) is 25.6. The van der Waals surface area contributed by atoms with Gasteiger partial charge in [0.2, 0.25) is 5.91 Å². The number of unbranched alkanes of at least 4 members (excludes halogenated alkanes) is 5. The van der Waals surface area contributed by atoms with E-state index in [1.165, 1.54) is 0 Å². The summed E-state index contributed by atoms with van der Waals surface area (Å²) in [7, 11) is 0. The fraction of sp³-hybridized carbons (Fsp3) is 0.636. The summed E-state index contributed by atoms with van der Waals surface area (Å²) in [5.41, 5.74) is 0.786. The molecule has 1 aromatic heterocycles. The highest BCUT2D eigenvalue weighted by atomic mass is 16.4. The minimum atomic E-state index is -1.04. The lowest BCUT2D eigenvalue weighted by atomic mass is 10.1. The van der Waals surface area contributed by atoms with Gasteiger partial charge in [0.05, 0.1) is 12.2 Å². The molecule has 0 bridgehead atoms. The summed E-state index contributed by atoms with van der Waals surface area (Å²) in [4.78, 5) is 40.6. The van der Waals surface area contributed by atoms with Gasteiger partial charge in [-0.2, -0.15) is 0 Å². The first-order valence-corrected chi connectivity index (χ1v) is 10.8. The van der Waals surface area contributed by atoms with Crippen molar-refractivity contribution in [2.75, 3.05) is 13.1 Å². The molecule has 1 atom stereocenters. The highest BCUT2D eigenvalue weighted by molar-refractivity contribution is 5.83. The molecule has 1 unspecified atom stereocenters. The number of carboxylic acids is 2. The number of amides is 1. The van der Waals surface area contributed by atoms with Gasteiger partial charge in [-0.1, -0.05) is 38.7 Å². The van der Waals surface area contributed by atoms with Crippen LogP contribution in [0.2, 0.25) is 0 Å². The topological polar surface area (TPSA) is 120 Å². The Morgan fingerprint density at radius 2 is 1.83 bits per heavy atom. The summed E-state index contributed by atoms with van der Waals surface area (Å²) in [5, 5.41) is 21.1. The second kappa shape index (κ2) is 15.4. The van der Waals surface area contributed by atoms with E-state index in [1.54, 1.807) is 17.2 Å². The molecule has 0 aliphatic rings. The van der Waals surface area contributed by atoms with Crippen LogP contribution in [-0.2, 0) is 20.9 Å². The Kier molecular flexibility index (Phi) is 13.1. The van der Waals surface area contributed by atoms with Crippen LogP contribution in [0.5, 0.6) is 0 Å². The van der Waals surface area contributed by atoms with E-state index in [2.05, 4.69) is 17.2 Å². The van der Waals surface area contributed by atoms with Gasteiger partial charge in [0, 0.05) is 19.2 Å². The first-order valence-electron chi connectivity index (χ1n) is 10.8. The Morgan fingerprint density at radius 3 is 2.47 bits per heavy atom. The molecule has 0 aliphatic heterocycles. The lowest BCUT2D eigenvalue weighted by Gasteiger charge is -2.20. The molecule has 0 aliphatic carbocycles. The standard InChI is InChI=1S/C22H35N3O5/c1-2-3-4-5-6-13-20(26)24-19(22(29)30)12-8-10-15-25(17-21(27)28)16-18-11-7-9-14-23-18/h7,9,11,14,19H,2-6,8,10,12-13,15-17H2,1H3,(H,24,26)(H,27,28)(H,29,30). The molecule has 1 heterocycles. The zero-order chi connectivity index (χ0) is 22.2. The van der Waals surface area contributed by atoms with Crippen LogP contribution in [-0.4, -0.2) is 57.1 Å². The zero-order valence-corrected chi connectivity index (χ0v) is 17.9. The van der Waals surface area contributed by atoms with Crippen LogP contribution in [0.25, 0.3) is 0 Å². The van der Waals surface area contributed by atoms with Crippen molar-refractivity contribution < 1.29 is 24.6 Å². The van der Waals surface area contributed by atoms with Crippen LogP contribution in [0.15, 0.2) is 24.4 Å². The number of aromatic nitrogens is 1. The van der Waals surface area contributed by atoms with Gasteiger partial charge in [-0.15, -0.1) is 0 Å². The lowest BCUT2D eigenvalue weighted by Crippen LogP contribution is -2.40. The third-order valence-corrected chi connectivity index (χ3v) is 4.83. The molecule has 0 saturated carbocycles. The van der Waals surface area contributed by atoms with Crippen molar-refractivity contribution in [1.29, 1.82) is 0 Å². The van der Waals surface area contributed by atoms with Gasteiger partial charge < -0.3 is 15.5 Å². The average molecular weight is 422 g/mol. The van der Waals surface area contributed by atoms with Gasteiger partial charge in [-0.3, -0.25) is 19.5 Å². The third kappa shape index (κ3) is 12.2. The molecule has 0 radical (unpaired) electrons. The molecule has 0 spiro atoms. The van der Waals surface area contributed by atoms with Crippen molar-refractivity contribution >= 4 is 17.8 Å².